The second-order valence-electron chi connectivity index (χ2n) is 7.84. The lowest BCUT2D eigenvalue weighted by atomic mass is 10.2. The van der Waals surface area contributed by atoms with Gasteiger partial charge in [-0.25, -0.2) is 14.4 Å². The number of halogens is 2. The van der Waals surface area contributed by atoms with Gasteiger partial charge in [0.15, 0.2) is 14.5 Å². The Morgan fingerprint density at radius 1 is 1.36 bits per heavy atom. The normalized spacial score (nSPS) is 24.8. The predicted octanol–water partition coefficient (Wildman–Crippen LogP) is 4.86. The summed E-state index contributed by atoms with van der Waals surface area (Å²) >= 11 is 6.07. The molecule has 1 fully saturated rings. The molecule has 1 aliphatic heterocycles. The zero-order chi connectivity index (χ0) is 18.6. The highest BCUT2D eigenvalue weighted by Gasteiger charge is 2.49. The molecule has 8 heteroatoms. The van der Waals surface area contributed by atoms with Crippen LogP contribution >= 0.6 is 11.6 Å². The summed E-state index contributed by atoms with van der Waals surface area (Å²) < 4.78 is 28.8. The first-order valence-corrected chi connectivity index (χ1v) is 11.5. The topological polar surface area (TPSA) is 49.2 Å². The minimum atomic E-state index is -2.17. The van der Waals surface area contributed by atoms with Crippen molar-refractivity contribution >= 4 is 31.0 Å². The van der Waals surface area contributed by atoms with Gasteiger partial charge >= 0.3 is 0 Å². The quantitative estimate of drug-likeness (QED) is 0.561. The number of hydrogen-bond donors (Lipinski definition) is 0. The third-order valence-electron chi connectivity index (χ3n) is 5.11. The molecule has 1 aliphatic rings. The largest absolute Gasteiger partial charge is 0.469 e. The van der Waals surface area contributed by atoms with Gasteiger partial charge in [0.25, 0.3) is 0 Å². The van der Waals surface area contributed by atoms with Gasteiger partial charge in [-0.15, -0.1) is 0 Å². The summed E-state index contributed by atoms with van der Waals surface area (Å²) in [6, 6.07) is 1.75. The van der Waals surface area contributed by atoms with Gasteiger partial charge in [0.1, 0.15) is 29.0 Å². The monoisotopic (exact) mass is 383 g/mol. The molecule has 25 heavy (non-hydrogen) atoms. The second-order valence-corrected chi connectivity index (χ2v) is 13.0. The second kappa shape index (κ2) is 6.07. The van der Waals surface area contributed by atoms with E-state index in [2.05, 4.69) is 50.4 Å². The Hall–Kier alpha value is -1.44. The van der Waals surface area contributed by atoms with Crippen molar-refractivity contribution in [1.82, 2.24) is 14.5 Å². The van der Waals surface area contributed by atoms with Gasteiger partial charge in [-0.2, -0.15) is 0 Å². The van der Waals surface area contributed by atoms with E-state index in [1.54, 1.807) is 16.8 Å². The fraction of sp³-hybridized carbons (Fsp3) is 0.529. The van der Waals surface area contributed by atoms with Crippen LogP contribution in [0.1, 0.15) is 27.0 Å². The molecule has 5 nitrogen and oxygen atoms in total. The Bertz CT molecular complexity index is 818. The molecule has 2 aromatic rings. The van der Waals surface area contributed by atoms with Crippen molar-refractivity contribution in [3.63, 3.8) is 0 Å². The number of hydrogen-bond acceptors (Lipinski definition) is 4. The number of ether oxygens (including phenoxy) is 1. The molecule has 3 heterocycles. The molecule has 3 atom stereocenters. The lowest BCUT2D eigenvalue weighted by Crippen LogP contribution is -2.46. The van der Waals surface area contributed by atoms with Gasteiger partial charge in [0.05, 0.1) is 5.39 Å². The average Bonchev–Trinajstić information content (AvgIpc) is 3.03. The Balaban J connectivity index is 1.91. The summed E-state index contributed by atoms with van der Waals surface area (Å²) in [4.78, 5) is 8.15. The van der Waals surface area contributed by atoms with E-state index in [1.165, 1.54) is 6.33 Å². The molecule has 2 aromatic heterocycles. The molecular formula is C17H23ClFN3O2Si. The molecule has 136 valence electrons. The molecular weight excluding hydrogens is 361 g/mol. The lowest BCUT2D eigenvalue weighted by Gasteiger charge is -2.38. The van der Waals surface area contributed by atoms with Gasteiger partial charge in [-0.05, 0) is 24.2 Å². The molecule has 0 aromatic carbocycles. The molecule has 0 radical (unpaired) electrons. The van der Waals surface area contributed by atoms with Crippen LogP contribution in [-0.4, -0.2) is 35.1 Å². The van der Waals surface area contributed by atoms with E-state index < -0.39 is 26.8 Å². The molecule has 0 bridgehead atoms. The first-order valence-electron chi connectivity index (χ1n) is 8.17. The van der Waals surface area contributed by atoms with E-state index in [0.29, 0.717) is 21.9 Å². The molecule has 0 N–H and O–H groups in total. The predicted molar refractivity (Wildman–Crippen MR) is 98.8 cm³/mol. The van der Waals surface area contributed by atoms with Gasteiger partial charge < -0.3 is 9.16 Å². The highest BCUT2D eigenvalue weighted by Crippen LogP contribution is 2.43. The Kier molecular flexibility index (Phi) is 4.46. The van der Waals surface area contributed by atoms with Crippen molar-refractivity contribution in [2.75, 3.05) is 0 Å². The number of alkyl halides is 1. The maximum absolute atomic E-state index is 15.2. The van der Waals surface area contributed by atoms with Crippen LogP contribution in [0.5, 0.6) is 0 Å². The van der Waals surface area contributed by atoms with Crippen molar-refractivity contribution in [3.05, 3.63) is 36.1 Å². The van der Waals surface area contributed by atoms with Gasteiger partial charge in [0.2, 0.25) is 6.23 Å². The summed E-state index contributed by atoms with van der Waals surface area (Å²) in [6.45, 7) is 14.4. The molecule has 1 saturated heterocycles. The van der Waals surface area contributed by atoms with Crippen LogP contribution in [0, 0.1) is 0 Å². The highest BCUT2D eigenvalue weighted by atomic mass is 35.5. The summed E-state index contributed by atoms with van der Waals surface area (Å²) in [5.41, 5.74) is 0.522. The third-order valence-corrected chi connectivity index (χ3v) is 9.87. The van der Waals surface area contributed by atoms with Crippen LogP contribution in [-0.2, 0) is 9.16 Å². The van der Waals surface area contributed by atoms with Crippen LogP contribution < -0.4 is 0 Å². The van der Waals surface area contributed by atoms with Crippen molar-refractivity contribution in [2.24, 2.45) is 0 Å². The number of aromatic nitrogens is 3. The molecule has 0 aliphatic carbocycles. The number of nitrogens with zero attached hydrogens (tertiary/aromatic N) is 3. The first kappa shape index (κ1) is 18.4. The van der Waals surface area contributed by atoms with Crippen LogP contribution in [0.3, 0.4) is 0 Å². The van der Waals surface area contributed by atoms with E-state index in [9.17, 15) is 0 Å². The van der Waals surface area contributed by atoms with Crippen molar-refractivity contribution in [1.29, 1.82) is 0 Å². The van der Waals surface area contributed by atoms with Crippen LogP contribution in [0.4, 0.5) is 4.39 Å². The van der Waals surface area contributed by atoms with Crippen LogP contribution in [0.25, 0.3) is 11.0 Å². The zero-order valence-electron chi connectivity index (χ0n) is 15.1. The smallest absolute Gasteiger partial charge is 0.211 e. The fourth-order valence-corrected chi connectivity index (χ4v) is 4.04. The first-order chi connectivity index (χ1) is 11.5. The average molecular weight is 384 g/mol. The summed E-state index contributed by atoms with van der Waals surface area (Å²) in [7, 11) is -2.17. The maximum atomic E-state index is 15.2. The Labute approximate surface area is 152 Å². The molecule has 0 unspecified atom stereocenters. The van der Waals surface area contributed by atoms with E-state index in [-0.39, 0.29) is 5.04 Å². The number of rotatable bonds is 3. The highest BCUT2D eigenvalue weighted by molar-refractivity contribution is 6.74. The number of fused-ring (bicyclic) bond motifs is 1. The zero-order valence-corrected chi connectivity index (χ0v) is 16.8. The van der Waals surface area contributed by atoms with Crippen molar-refractivity contribution in [2.45, 2.75) is 57.4 Å². The van der Waals surface area contributed by atoms with Crippen LogP contribution in [0.15, 0.2) is 30.9 Å². The van der Waals surface area contributed by atoms with E-state index in [0.717, 1.165) is 0 Å². The molecule has 0 amide bonds. The van der Waals surface area contributed by atoms with Crippen molar-refractivity contribution < 1.29 is 13.6 Å². The minimum absolute atomic E-state index is 0.0357. The van der Waals surface area contributed by atoms with Crippen molar-refractivity contribution in [3.8, 4) is 0 Å². The molecule has 0 saturated carbocycles. The Morgan fingerprint density at radius 2 is 2.04 bits per heavy atom. The third kappa shape index (κ3) is 3.09. The molecule has 3 rings (SSSR count). The summed E-state index contributed by atoms with van der Waals surface area (Å²) in [5, 5.41) is 0.941. The minimum Gasteiger partial charge on any atom is -0.469 e. The fourth-order valence-electron chi connectivity index (χ4n) is 2.59. The van der Waals surface area contributed by atoms with E-state index >= 15 is 4.39 Å². The standard InChI is InChI=1S/C17H23ClFN3O2Si/c1-10-13(24-25(5,6)17(2,3)4)12(19)16(23-10)22-8-7-11-14(18)20-9-21-15(11)22/h7-9,12-13,16H,1H2,2-6H3/t12-,13+,16+/m0/s1. The maximum Gasteiger partial charge on any atom is 0.211 e. The van der Waals surface area contributed by atoms with E-state index in [4.69, 9.17) is 20.8 Å². The lowest BCUT2D eigenvalue weighted by molar-refractivity contribution is 0.0424. The van der Waals surface area contributed by atoms with Gasteiger partial charge in [0, 0.05) is 6.20 Å². The van der Waals surface area contributed by atoms with Crippen LogP contribution in [0.2, 0.25) is 23.3 Å². The van der Waals surface area contributed by atoms with Gasteiger partial charge in [-0.1, -0.05) is 39.0 Å². The molecule has 0 spiro atoms. The van der Waals surface area contributed by atoms with E-state index in [1.807, 2.05) is 0 Å². The summed E-state index contributed by atoms with van der Waals surface area (Å²) in [6.07, 6.45) is -0.0101. The SMILES string of the molecule is C=C1O[C@@H](n2ccc3c(Cl)ncnc32)[C@@H](F)[C@@H]1O[Si](C)(C)C(C)(C)C. The summed E-state index contributed by atoms with van der Waals surface area (Å²) in [5.74, 6) is 0.310. The Morgan fingerprint density at radius 3 is 2.68 bits per heavy atom. The van der Waals surface area contributed by atoms with Gasteiger partial charge in [-0.3, -0.25) is 4.57 Å².